The molecule has 0 bridgehead atoms. The van der Waals surface area contributed by atoms with Gasteiger partial charge in [0, 0.05) is 24.3 Å². The predicted molar refractivity (Wildman–Crippen MR) is 137 cm³/mol. The fourth-order valence-corrected chi connectivity index (χ4v) is 4.52. The molecule has 3 aromatic rings. The first-order valence-corrected chi connectivity index (χ1v) is 11.8. The second-order valence-corrected chi connectivity index (χ2v) is 9.46. The number of hydrogen-bond donors (Lipinski definition) is 1. The Kier molecular flexibility index (Phi) is 6.73. The summed E-state index contributed by atoms with van der Waals surface area (Å²) < 4.78 is 6.15. The van der Waals surface area contributed by atoms with Gasteiger partial charge in [0.15, 0.2) is 0 Å². The molecule has 0 spiro atoms. The fourth-order valence-electron chi connectivity index (χ4n) is 4.52. The largest absolute Gasteiger partial charge is 0.457 e. The number of nitrogens with one attached hydrogen (secondary N) is 1. The van der Waals surface area contributed by atoms with Gasteiger partial charge in [-0.25, -0.2) is 0 Å². The van der Waals surface area contributed by atoms with E-state index >= 15 is 0 Å². The summed E-state index contributed by atoms with van der Waals surface area (Å²) in [6.45, 7) is 10.7. The van der Waals surface area contributed by atoms with Crippen molar-refractivity contribution in [2.24, 2.45) is 5.92 Å². The summed E-state index contributed by atoms with van der Waals surface area (Å²) in [4.78, 5) is 27.4. The van der Waals surface area contributed by atoms with E-state index in [4.69, 9.17) is 4.74 Å². The van der Waals surface area contributed by atoms with Crippen molar-refractivity contribution in [3.8, 4) is 11.5 Å². The molecule has 5 nitrogen and oxygen atoms in total. The third kappa shape index (κ3) is 4.98. The third-order valence-electron chi connectivity index (χ3n) is 6.35. The van der Waals surface area contributed by atoms with Crippen molar-refractivity contribution in [2.75, 3.05) is 16.8 Å². The summed E-state index contributed by atoms with van der Waals surface area (Å²) in [5.74, 6) is 1.37. The van der Waals surface area contributed by atoms with E-state index in [1.807, 2.05) is 69.3 Å². The number of carbonyl (C=O) groups is 2. The van der Waals surface area contributed by atoms with Gasteiger partial charge < -0.3 is 15.0 Å². The zero-order valence-corrected chi connectivity index (χ0v) is 20.5. The van der Waals surface area contributed by atoms with Crippen LogP contribution in [0.15, 0.2) is 60.7 Å². The van der Waals surface area contributed by atoms with E-state index in [9.17, 15) is 9.59 Å². The molecule has 1 aliphatic rings. The Bertz CT molecular complexity index is 1190. The number of anilines is 2. The minimum absolute atomic E-state index is 0.0135. The highest BCUT2D eigenvalue weighted by Crippen LogP contribution is 2.33. The molecule has 0 aromatic heterocycles. The lowest BCUT2D eigenvalue weighted by molar-refractivity contribution is -0.122. The molecule has 1 atom stereocenters. The summed E-state index contributed by atoms with van der Waals surface area (Å²) in [7, 11) is 0. The van der Waals surface area contributed by atoms with Crippen molar-refractivity contribution in [3.63, 3.8) is 0 Å². The Morgan fingerprint density at radius 3 is 2.32 bits per heavy atom. The maximum absolute atomic E-state index is 12.9. The van der Waals surface area contributed by atoms with Gasteiger partial charge in [0.1, 0.15) is 11.5 Å². The van der Waals surface area contributed by atoms with Crippen LogP contribution in [0.3, 0.4) is 0 Å². The Labute approximate surface area is 201 Å². The van der Waals surface area contributed by atoms with Gasteiger partial charge >= 0.3 is 0 Å². The van der Waals surface area contributed by atoms with Crippen LogP contribution in [-0.2, 0) is 9.59 Å². The summed E-state index contributed by atoms with van der Waals surface area (Å²) >= 11 is 0. The molecule has 1 saturated heterocycles. The van der Waals surface area contributed by atoms with Crippen LogP contribution in [0.5, 0.6) is 11.5 Å². The monoisotopic (exact) mass is 456 g/mol. The molecule has 1 aliphatic heterocycles. The topological polar surface area (TPSA) is 58.6 Å². The van der Waals surface area contributed by atoms with Crippen LogP contribution in [0.25, 0.3) is 0 Å². The van der Waals surface area contributed by atoms with Gasteiger partial charge in [-0.1, -0.05) is 44.2 Å². The number of hydrogen-bond acceptors (Lipinski definition) is 3. The van der Waals surface area contributed by atoms with Crippen molar-refractivity contribution >= 4 is 23.2 Å². The van der Waals surface area contributed by atoms with E-state index in [0.717, 1.165) is 33.7 Å². The lowest BCUT2D eigenvalue weighted by atomic mass is 10.0. The maximum Gasteiger partial charge on any atom is 0.229 e. The second-order valence-electron chi connectivity index (χ2n) is 9.46. The van der Waals surface area contributed by atoms with Gasteiger partial charge in [-0.05, 0) is 79.3 Å². The number of ether oxygens (including phenoxy) is 1. The van der Waals surface area contributed by atoms with Gasteiger partial charge in [0.25, 0.3) is 0 Å². The summed E-state index contributed by atoms with van der Waals surface area (Å²) in [5.41, 5.74) is 5.98. The molecule has 0 saturated carbocycles. The van der Waals surface area contributed by atoms with E-state index in [1.165, 1.54) is 0 Å². The quantitative estimate of drug-likeness (QED) is 0.459. The summed E-state index contributed by atoms with van der Waals surface area (Å²) in [6.07, 6.45) is 0.214. The average molecular weight is 457 g/mol. The number of aryl methyl sites for hydroxylation is 3. The number of benzene rings is 3. The molecule has 3 aromatic carbocycles. The molecule has 0 radical (unpaired) electrons. The molecular weight excluding hydrogens is 424 g/mol. The van der Waals surface area contributed by atoms with Gasteiger partial charge in [-0.2, -0.15) is 0 Å². The van der Waals surface area contributed by atoms with E-state index < -0.39 is 0 Å². The Morgan fingerprint density at radius 1 is 1.00 bits per heavy atom. The second kappa shape index (κ2) is 9.72. The van der Waals surface area contributed by atoms with Crippen LogP contribution in [0.1, 0.15) is 48.4 Å². The normalized spacial score (nSPS) is 15.6. The van der Waals surface area contributed by atoms with Gasteiger partial charge in [0.05, 0.1) is 5.92 Å². The molecule has 34 heavy (non-hydrogen) atoms. The van der Waals surface area contributed by atoms with Crippen molar-refractivity contribution in [2.45, 2.75) is 47.0 Å². The SMILES string of the molecule is Cc1ccc(C(C)C)c(Oc2ccc(NC(=O)[C@@H]3CC(=O)N(c4c(C)cccc4C)C3)cc2)c1. The Morgan fingerprint density at radius 2 is 1.68 bits per heavy atom. The molecule has 1 fully saturated rings. The van der Waals surface area contributed by atoms with Crippen molar-refractivity contribution in [3.05, 3.63) is 82.9 Å². The van der Waals surface area contributed by atoms with Crippen LogP contribution < -0.4 is 15.0 Å². The summed E-state index contributed by atoms with van der Waals surface area (Å²) in [6, 6.07) is 19.6. The minimum Gasteiger partial charge on any atom is -0.457 e. The zero-order chi connectivity index (χ0) is 24.4. The van der Waals surface area contributed by atoms with Gasteiger partial charge in [-0.3, -0.25) is 9.59 Å². The first kappa shape index (κ1) is 23.6. The molecule has 1 heterocycles. The van der Waals surface area contributed by atoms with E-state index in [1.54, 1.807) is 4.90 Å². The number of para-hydroxylation sites is 1. The minimum atomic E-state index is -0.386. The lowest BCUT2D eigenvalue weighted by Crippen LogP contribution is -2.29. The maximum atomic E-state index is 12.9. The fraction of sp³-hybridized carbons (Fsp3) is 0.310. The standard InChI is InChI=1S/C29H32N2O3/c1-18(2)25-14-9-19(3)15-26(25)34-24-12-10-23(11-13-24)30-29(33)22-16-27(32)31(17-22)28-20(4)7-6-8-21(28)5/h6-15,18,22H,16-17H2,1-5H3,(H,30,33)/t22-/m1/s1. The molecule has 2 amide bonds. The zero-order valence-electron chi connectivity index (χ0n) is 20.5. The Balaban J connectivity index is 1.42. The number of nitrogens with zero attached hydrogens (tertiary/aromatic N) is 1. The molecule has 4 rings (SSSR count). The highest BCUT2D eigenvalue weighted by Gasteiger charge is 2.36. The first-order valence-electron chi connectivity index (χ1n) is 11.8. The van der Waals surface area contributed by atoms with E-state index in [2.05, 4.69) is 31.3 Å². The highest BCUT2D eigenvalue weighted by atomic mass is 16.5. The predicted octanol–water partition coefficient (Wildman–Crippen LogP) is 6.52. The van der Waals surface area contributed by atoms with Crippen molar-refractivity contribution in [1.82, 2.24) is 0 Å². The van der Waals surface area contributed by atoms with Gasteiger partial charge in [0.2, 0.25) is 11.8 Å². The smallest absolute Gasteiger partial charge is 0.229 e. The van der Waals surface area contributed by atoms with E-state index in [0.29, 0.717) is 23.9 Å². The van der Waals surface area contributed by atoms with Crippen LogP contribution in [-0.4, -0.2) is 18.4 Å². The van der Waals surface area contributed by atoms with E-state index in [-0.39, 0.29) is 24.2 Å². The lowest BCUT2D eigenvalue weighted by Gasteiger charge is -2.21. The molecular formula is C29H32N2O3. The van der Waals surface area contributed by atoms with Crippen molar-refractivity contribution < 1.29 is 14.3 Å². The third-order valence-corrected chi connectivity index (χ3v) is 6.35. The van der Waals surface area contributed by atoms with Crippen LogP contribution >= 0.6 is 0 Å². The molecule has 0 aliphatic carbocycles. The number of carbonyl (C=O) groups excluding carboxylic acids is 2. The summed E-state index contributed by atoms with van der Waals surface area (Å²) in [5, 5.41) is 2.96. The van der Waals surface area contributed by atoms with Crippen LogP contribution in [0, 0.1) is 26.7 Å². The molecule has 176 valence electrons. The molecule has 1 N–H and O–H groups in total. The molecule has 5 heteroatoms. The van der Waals surface area contributed by atoms with Crippen molar-refractivity contribution in [1.29, 1.82) is 0 Å². The van der Waals surface area contributed by atoms with Crippen LogP contribution in [0.4, 0.5) is 11.4 Å². The van der Waals surface area contributed by atoms with Gasteiger partial charge in [-0.15, -0.1) is 0 Å². The average Bonchev–Trinajstić information content (AvgIpc) is 3.16. The van der Waals surface area contributed by atoms with Crippen LogP contribution in [0.2, 0.25) is 0 Å². The molecule has 0 unspecified atom stereocenters. The highest BCUT2D eigenvalue weighted by molar-refractivity contribution is 6.04. The first-order chi connectivity index (χ1) is 16.2. The Hall–Kier alpha value is -3.60. The number of rotatable bonds is 6. The number of amides is 2.